The van der Waals surface area contributed by atoms with Gasteiger partial charge in [-0.2, -0.15) is 5.26 Å². The number of rotatable bonds is 4. The molecule has 0 atom stereocenters. The second kappa shape index (κ2) is 13.8. The van der Waals surface area contributed by atoms with Crippen LogP contribution in [-0.4, -0.2) is 32.1 Å². The molecule has 0 saturated carbocycles. The van der Waals surface area contributed by atoms with E-state index in [1.807, 2.05) is 118 Å². The Bertz CT molecular complexity index is 4260. The van der Waals surface area contributed by atoms with Crippen LogP contribution in [0.3, 0.4) is 0 Å². The molecule has 0 amide bonds. The molecule has 10 heteroatoms. The highest BCUT2D eigenvalue weighted by atomic mass is 32.2. The Kier molecular flexibility index (Phi) is 7.98. The Morgan fingerprint density at radius 3 is 1.45 bits per heavy atom. The van der Waals surface area contributed by atoms with Crippen molar-refractivity contribution >= 4 is 81.1 Å². The van der Waals surface area contributed by atoms with Gasteiger partial charge in [0.05, 0.1) is 42.9 Å². The zero-order valence-electron chi connectivity index (χ0n) is 36.1. The Morgan fingerprint density at radius 1 is 0.507 bits per heavy atom. The molecule has 316 valence electrons. The fourth-order valence-corrected chi connectivity index (χ4v) is 12.6. The van der Waals surface area contributed by atoms with Crippen LogP contribution in [0.4, 0.5) is 5.82 Å². The average Bonchev–Trinajstić information content (AvgIpc) is 4.01. The fourth-order valence-electron chi connectivity index (χ4n) is 10.7. The molecule has 0 unspecified atom stereocenters. The second-order valence-electron chi connectivity index (χ2n) is 17.6. The summed E-state index contributed by atoms with van der Waals surface area (Å²) in [6.45, 7) is 12.3. The lowest BCUT2D eigenvalue weighted by Gasteiger charge is -2.35. The molecule has 0 bridgehead atoms. The lowest BCUT2D eigenvalue weighted by atomic mass is 9.76. The van der Waals surface area contributed by atoms with E-state index in [-0.39, 0.29) is 11.5 Å². The summed E-state index contributed by atoms with van der Waals surface area (Å²) < 4.78 is 35.5. The van der Waals surface area contributed by atoms with Crippen LogP contribution in [0.15, 0.2) is 186 Å². The molecule has 67 heavy (non-hydrogen) atoms. The van der Waals surface area contributed by atoms with Crippen molar-refractivity contribution < 1.29 is 8.42 Å². The summed E-state index contributed by atoms with van der Waals surface area (Å²) in [6, 6.07) is 60.7. The number of para-hydroxylation sites is 5. The maximum Gasteiger partial charge on any atom is 0.308 e. The summed E-state index contributed by atoms with van der Waals surface area (Å²) in [4.78, 5) is 14.2. The van der Waals surface area contributed by atoms with E-state index in [9.17, 15) is 13.7 Å². The van der Waals surface area contributed by atoms with E-state index in [2.05, 4.69) is 83.9 Å². The normalized spacial score (nSPS) is 13.9. The standard InChI is InChI=1S/C57H35N7O2S/c1-57(2)43-31-35(25-28-52(43)67(65,66)53-29-26-36(32-44(53)57)62-46-19-9-4-14-37(46)38-15-5-10-20-47(38)62)34-24-27-51-42(30-34)41-18-8-13-23-50(41)64(51)56-55(60-45(33-58)54(59-3)61-56)63-48-21-11-6-16-39(48)40-17-7-12-22-49(40)63/h4-32H,1-2H3. The molecule has 4 aromatic heterocycles. The average molecular weight is 882 g/mol. The molecule has 1 aliphatic rings. The van der Waals surface area contributed by atoms with Gasteiger partial charge in [-0.25, -0.2) is 13.4 Å². The SMILES string of the molecule is [C-]#[N+]c1nc(-n2c3ccccc3c3cc(-c4ccc5c(c4)C(C)(C)c4cc(-n6c7ccccc7c7ccccc76)ccc4S5(=O)=O)ccc32)c(-n2c3ccccc3c3ccccc32)nc1C#N. The Morgan fingerprint density at radius 2 is 0.925 bits per heavy atom. The van der Waals surface area contributed by atoms with Crippen molar-refractivity contribution in [3.8, 4) is 34.5 Å². The Balaban J connectivity index is 0.990. The van der Waals surface area contributed by atoms with Gasteiger partial charge in [-0.3, -0.25) is 9.13 Å². The molecule has 0 aliphatic carbocycles. The number of aromatic nitrogens is 5. The minimum absolute atomic E-state index is 0.0541. The molecule has 5 heterocycles. The summed E-state index contributed by atoms with van der Waals surface area (Å²) in [7, 11) is -3.86. The lowest BCUT2D eigenvalue weighted by molar-refractivity contribution is 0.555. The van der Waals surface area contributed by atoms with Crippen molar-refractivity contribution in [2.45, 2.75) is 29.1 Å². The molecule has 12 aromatic rings. The minimum Gasteiger partial charge on any atom is -0.358 e. The van der Waals surface area contributed by atoms with Gasteiger partial charge in [0, 0.05) is 43.4 Å². The van der Waals surface area contributed by atoms with Crippen molar-refractivity contribution in [1.82, 2.24) is 23.7 Å². The number of sulfone groups is 1. The predicted octanol–water partition coefficient (Wildman–Crippen LogP) is 13.3. The molecular weight excluding hydrogens is 847 g/mol. The summed E-state index contributed by atoms with van der Waals surface area (Å²) >= 11 is 0. The number of nitriles is 1. The van der Waals surface area contributed by atoms with Gasteiger partial charge < -0.3 is 9.41 Å². The third kappa shape index (κ3) is 5.30. The van der Waals surface area contributed by atoms with Crippen LogP contribution in [0.1, 0.15) is 30.7 Å². The zero-order chi connectivity index (χ0) is 45.3. The highest BCUT2D eigenvalue weighted by Crippen LogP contribution is 2.48. The van der Waals surface area contributed by atoms with Crippen molar-refractivity contribution in [2.24, 2.45) is 0 Å². The monoisotopic (exact) mass is 881 g/mol. The lowest BCUT2D eigenvalue weighted by Crippen LogP contribution is -2.30. The number of hydrogen-bond donors (Lipinski definition) is 0. The molecule has 0 radical (unpaired) electrons. The van der Waals surface area contributed by atoms with E-state index in [0.717, 1.165) is 93.4 Å². The van der Waals surface area contributed by atoms with E-state index in [0.29, 0.717) is 21.4 Å². The molecule has 8 aromatic carbocycles. The van der Waals surface area contributed by atoms with Crippen molar-refractivity contribution in [3.05, 3.63) is 204 Å². The zero-order valence-corrected chi connectivity index (χ0v) is 36.9. The number of benzene rings is 8. The van der Waals surface area contributed by atoms with Gasteiger partial charge in [0.2, 0.25) is 15.7 Å². The van der Waals surface area contributed by atoms with Gasteiger partial charge >= 0.3 is 5.82 Å². The third-order valence-corrected chi connectivity index (χ3v) is 15.6. The van der Waals surface area contributed by atoms with Gasteiger partial charge in [0.1, 0.15) is 6.07 Å². The first-order valence-electron chi connectivity index (χ1n) is 21.9. The second-order valence-corrected chi connectivity index (χ2v) is 19.5. The van der Waals surface area contributed by atoms with Crippen LogP contribution in [0, 0.1) is 17.9 Å². The van der Waals surface area contributed by atoms with Crippen LogP contribution in [-0.2, 0) is 15.3 Å². The molecule has 0 saturated heterocycles. The summed E-state index contributed by atoms with van der Waals surface area (Å²) in [5, 5.41) is 16.5. The maximum atomic E-state index is 14.6. The van der Waals surface area contributed by atoms with Gasteiger partial charge in [-0.15, -0.1) is 0 Å². The quantitative estimate of drug-likeness (QED) is 0.164. The van der Waals surface area contributed by atoms with E-state index in [1.54, 1.807) is 12.1 Å². The number of nitrogens with zero attached hydrogens (tertiary/aromatic N) is 7. The van der Waals surface area contributed by atoms with Gasteiger partial charge in [-0.1, -0.05) is 129 Å². The Labute approximate surface area is 384 Å². The van der Waals surface area contributed by atoms with Crippen molar-refractivity contribution in [3.63, 3.8) is 0 Å². The van der Waals surface area contributed by atoms with Crippen LogP contribution >= 0.6 is 0 Å². The van der Waals surface area contributed by atoms with E-state index < -0.39 is 15.3 Å². The first kappa shape index (κ1) is 38.6. The summed E-state index contributed by atoms with van der Waals surface area (Å²) in [5.41, 5.74) is 9.00. The third-order valence-electron chi connectivity index (χ3n) is 13.8. The first-order chi connectivity index (χ1) is 32.7. The maximum absolute atomic E-state index is 14.6. The molecule has 0 N–H and O–H groups in total. The van der Waals surface area contributed by atoms with E-state index >= 15 is 0 Å². The van der Waals surface area contributed by atoms with Crippen LogP contribution in [0.2, 0.25) is 0 Å². The minimum atomic E-state index is -3.86. The van der Waals surface area contributed by atoms with Crippen LogP contribution < -0.4 is 0 Å². The van der Waals surface area contributed by atoms with Crippen LogP contribution in [0.25, 0.3) is 98.7 Å². The smallest absolute Gasteiger partial charge is 0.308 e. The first-order valence-corrected chi connectivity index (χ1v) is 23.4. The topological polar surface area (TPSA) is 103 Å². The summed E-state index contributed by atoms with van der Waals surface area (Å²) in [6.07, 6.45) is 0. The molecule has 0 fully saturated rings. The molecule has 1 aliphatic heterocycles. The molecule has 9 nitrogen and oxygen atoms in total. The number of fused-ring (bicyclic) bond motifs is 11. The Hall–Kier alpha value is -8.83. The highest BCUT2D eigenvalue weighted by Gasteiger charge is 2.41. The predicted molar refractivity (Wildman–Crippen MR) is 265 cm³/mol. The molecule has 13 rings (SSSR count). The van der Waals surface area contributed by atoms with E-state index in [1.165, 1.54) is 0 Å². The molecular formula is C57H35N7O2S. The van der Waals surface area contributed by atoms with Gasteiger partial charge in [-0.05, 0) is 95.1 Å². The van der Waals surface area contributed by atoms with Crippen molar-refractivity contribution in [2.75, 3.05) is 0 Å². The number of hydrogen-bond acceptors (Lipinski definition) is 5. The molecule has 0 spiro atoms. The van der Waals surface area contributed by atoms with Gasteiger partial charge in [0.25, 0.3) is 5.82 Å². The summed E-state index contributed by atoms with van der Waals surface area (Å²) in [5.74, 6) is 0.753. The van der Waals surface area contributed by atoms with Gasteiger partial charge in [0.15, 0.2) is 5.69 Å². The van der Waals surface area contributed by atoms with Crippen LogP contribution in [0.5, 0.6) is 0 Å². The van der Waals surface area contributed by atoms with Crippen molar-refractivity contribution in [1.29, 1.82) is 5.26 Å². The highest BCUT2D eigenvalue weighted by molar-refractivity contribution is 7.91. The van der Waals surface area contributed by atoms with E-state index in [4.69, 9.17) is 16.5 Å². The largest absolute Gasteiger partial charge is 0.358 e. The fraction of sp³-hybridized carbons (Fsp3) is 0.0526.